The maximum Gasteiger partial charge on any atom is 0.393 e. The molecule has 0 aromatic heterocycles. The van der Waals surface area contributed by atoms with Crippen LogP contribution in [0.5, 0.6) is 0 Å². The third kappa shape index (κ3) is 4.13. The maximum atomic E-state index is 12.0. The van der Waals surface area contributed by atoms with Crippen molar-refractivity contribution in [3.05, 3.63) is 32.7 Å². The lowest BCUT2D eigenvalue weighted by molar-refractivity contribution is -0.127. The predicted molar refractivity (Wildman–Crippen MR) is 51.6 cm³/mol. The van der Waals surface area contributed by atoms with Crippen LogP contribution in [0.2, 0.25) is 0 Å². The van der Waals surface area contributed by atoms with Crippen molar-refractivity contribution >= 4 is 31.9 Å². The molecule has 0 spiro atoms. The summed E-state index contributed by atoms with van der Waals surface area (Å²) in [6.07, 6.45) is -5.05. The van der Waals surface area contributed by atoms with Crippen molar-refractivity contribution < 1.29 is 13.2 Å². The molecule has 0 aliphatic heterocycles. The summed E-state index contributed by atoms with van der Waals surface area (Å²) < 4.78 is 37.2. The fourth-order valence-electron chi connectivity index (χ4n) is 0.944. The van der Waals surface area contributed by atoms with Gasteiger partial charge in [0, 0.05) is 8.95 Å². The standard InChI is InChI=1S/C8H5Br2F3/c9-6-1-5(2-7(10)3-6)4-8(11,12)13/h1-3H,4H2. The van der Waals surface area contributed by atoms with Crippen LogP contribution >= 0.6 is 31.9 Å². The molecule has 0 fully saturated rings. The highest BCUT2D eigenvalue weighted by atomic mass is 79.9. The van der Waals surface area contributed by atoms with E-state index in [-0.39, 0.29) is 5.56 Å². The lowest BCUT2D eigenvalue weighted by Gasteiger charge is -2.06. The molecular formula is C8H5Br2F3. The molecule has 0 heterocycles. The third-order valence-electron chi connectivity index (χ3n) is 1.33. The zero-order valence-electron chi connectivity index (χ0n) is 6.33. The summed E-state index contributed by atoms with van der Waals surface area (Å²) in [5, 5.41) is 0. The molecule has 0 saturated heterocycles. The minimum Gasteiger partial charge on any atom is -0.171 e. The van der Waals surface area contributed by atoms with E-state index >= 15 is 0 Å². The second-order valence-electron chi connectivity index (χ2n) is 2.57. The third-order valence-corrected chi connectivity index (χ3v) is 2.24. The number of halogens is 5. The maximum absolute atomic E-state index is 12.0. The Morgan fingerprint density at radius 2 is 1.46 bits per heavy atom. The predicted octanol–water partition coefficient (Wildman–Crippen LogP) is 4.32. The Bertz CT molecular complexity index is 286. The average molecular weight is 318 g/mol. The Balaban J connectivity index is 2.90. The Labute approximate surface area is 90.4 Å². The van der Waals surface area contributed by atoms with E-state index in [1.54, 1.807) is 6.07 Å². The lowest BCUT2D eigenvalue weighted by atomic mass is 10.1. The fraction of sp³-hybridized carbons (Fsp3) is 0.250. The normalized spacial score (nSPS) is 11.8. The Morgan fingerprint density at radius 3 is 1.85 bits per heavy atom. The molecule has 1 aromatic rings. The molecule has 5 heteroatoms. The summed E-state index contributed by atoms with van der Waals surface area (Å²) in [6, 6.07) is 4.61. The molecule has 1 rings (SSSR count). The van der Waals surface area contributed by atoms with E-state index in [9.17, 15) is 13.2 Å². The van der Waals surface area contributed by atoms with Crippen molar-refractivity contribution in [2.24, 2.45) is 0 Å². The Kier molecular flexibility index (Phi) is 3.40. The van der Waals surface area contributed by atoms with Crippen LogP contribution < -0.4 is 0 Å². The van der Waals surface area contributed by atoms with E-state index < -0.39 is 12.6 Å². The molecule has 0 atom stereocenters. The van der Waals surface area contributed by atoms with Gasteiger partial charge in [-0.05, 0) is 23.8 Å². The molecule has 0 aliphatic rings. The molecule has 0 radical (unpaired) electrons. The Morgan fingerprint density at radius 1 is 1.00 bits per heavy atom. The zero-order valence-corrected chi connectivity index (χ0v) is 9.50. The molecule has 0 bridgehead atoms. The molecule has 0 unspecified atom stereocenters. The topological polar surface area (TPSA) is 0 Å². The van der Waals surface area contributed by atoms with E-state index in [0.717, 1.165) is 0 Å². The first-order valence-electron chi connectivity index (χ1n) is 3.38. The first-order valence-corrected chi connectivity index (χ1v) is 4.97. The summed E-state index contributed by atoms with van der Waals surface area (Å²) >= 11 is 6.25. The van der Waals surface area contributed by atoms with Crippen LogP contribution in [0.3, 0.4) is 0 Å². The van der Waals surface area contributed by atoms with E-state index in [4.69, 9.17) is 0 Å². The smallest absolute Gasteiger partial charge is 0.171 e. The lowest BCUT2D eigenvalue weighted by Crippen LogP contribution is -2.11. The minimum atomic E-state index is -4.15. The van der Waals surface area contributed by atoms with Crippen LogP contribution in [0.15, 0.2) is 27.1 Å². The van der Waals surface area contributed by atoms with Crippen LogP contribution in [0.25, 0.3) is 0 Å². The van der Waals surface area contributed by atoms with Gasteiger partial charge in [-0.2, -0.15) is 13.2 Å². The van der Waals surface area contributed by atoms with Gasteiger partial charge >= 0.3 is 6.18 Å². The van der Waals surface area contributed by atoms with Crippen molar-refractivity contribution in [2.45, 2.75) is 12.6 Å². The van der Waals surface area contributed by atoms with Crippen molar-refractivity contribution in [1.29, 1.82) is 0 Å². The summed E-state index contributed by atoms with van der Waals surface area (Å²) in [4.78, 5) is 0. The molecule has 1 aromatic carbocycles. The van der Waals surface area contributed by atoms with Crippen LogP contribution in [-0.2, 0) is 6.42 Å². The van der Waals surface area contributed by atoms with Crippen LogP contribution in [0.4, 0.5) is 13.2 Å². The van der Waals surface area contributed by atoms with Gasteiger partial charge in [0.15, 0.2) is 0 Å². The van der Waals surface area contributed by atoms with Gasteiger partial charge < -0.3 is 0 Å². The minimum absolute atomic E-state index is 0.244. The van der Waals surface area contributed by atoms with Gasteiger partial charge in [0.05, 0.1) is 6.42 Å². The van der Waals surface area contributed by atoms with Crippen molar-refractivity contribution in [3.63, 3.8) is 0 Å². The molecule has 0 saturated carbocycles. The van der Waals surface area contributed by atoms with Crippen molar-refractivity contribution in [3.8, 4) is 0 Å². The summed E-state index contributed by atoms with van der Waals surface area (Å²) in [6.45, 7) is 0. The molecule has 72 valence electrons. The molecule has 13 heavy (non-hydrogen) atoms. The van der Waals surface area contributed by atoms with Crippen LogP contribution in [0, 0.1) is 0 Å². The SMILES string of the molecule is FC(F)(F)Cc1cc(Br)cc(Br)c1. The number of hydrogen-bond acceptors (Lipinski definition) is 0. The molecule has 0 aliphatic carbocycles. The van der Waals surface area contributed by atoms with Gasteiger partial charge in [0.1, 0.15) is 0 Å². The molecule has 0 N–H and O–H groups in total. The highest BCUT2D eigenvalue weighted by Gasteiger charge is 2.27. The largest absolute Gasteiger partial charge is 0.393 e. The first-order chi connectivity index (χ1) is 5.87. The van der Waals surface area contributed by atoms with E-state index in [1.807, 2.05) is 0 Å². The Hall–Kier alpha value is -0.0300. The second kappa shape index (κ2) is 4.00. The quantitative estimate of drug-likeness (QED) is 0.724. The van der Waals surface area contributed by atoms with E-state index in [1.165, 1.54) is 12.1 Å². The van der Waals surface area contributed by atoms with Gasteiger partial charge in [-0.3, -0.25) is 0 Å². The van der Waals surface area contributed by atoms with Gasteiger partial charge in [-0.15, -0.1) is 0 Å². The van der Waals surface area contributed by atoms with Gasteiger partial charge in [0.2, 0.25) is 0 Å². The fourth-order valence-corrected chi connectivity index (χ4v) is 2.33. The zero-order chi connectivity index (χ0) is 10.1. The van der Waals surface area contributed by atoms with Crippen LogP contribution in [-0.4, -0.2) is 6.18 Å². The van der Waals surface area contributed by atoms with Crippen molar-refractivity contribution in [2.75, 3.05) is 0 Å². The first kappa shape index (κ1) is 11.0. The average Bonchev–Trinajstić information content (AvgIpc) is 1.78. The highest BCUT2D eigenvalue weighted by Crippen LogP contribution is 2.26. The number of hydrogen-bond donors (Lipinski definition) is 0. The molecular weight excluding hydrogens is 313 g/mol. The number of rotatable bonds is 1. The van der Waals surface area contributed by atoms with Gasteiger partial charge in [0.25, 0.3) is 0 Å². The summed E-state index contributed by atoms with van der Waals surface area (Å²) in [5.41, 5.74) is 0.244. The number of alkyl halides is 3. The van der Waals surface area contributed by atoms with Gasteiger partial charge in [-0.25, -0.2) is 0 Å². The highest BCUT2D eigenvalue weighted by molar-refractivity contribution is 9.11. The van der Waals surface area contributed by atoms with E-state index in [0.29, 0.717) is 8.95 Å². The summed E-state index contributed by atoms with van der Waals surface area (Å²) in [5.74, 6) is 0. The van der Waals surface area contributed by atoms with Crippen molar-refractivity contribution in [1.82, 2.24) is 0 Å². The monoisotopic (exact) mass is 316 g/mol. The number of benzene rings is 1. The second-order valence-corrected chi connectivity index (χ2v) is 4.40. The molecule has 0 amide bonds. The van der Waals surface area contributed by atoms with E-state index in [2.05, 4.69) is 31.9 Å². The summed E-state index contributed by atoms with van der Waals surface area (Å²) in [7, 11) is 0. The molecule has 0 nitrogen and oxygen atoms in total. The van der Waals surface area contributed by atoms with Crippen LogP contribution in [0.1, 0.15) is 5.56 Å². The van der Waals surface area contributed by atoms with Gasteiger partial charge in [-0.1, -0.05) is 31.9 Å².